The van der Waals surface area contributed by atoms with Gasteiger partial charge in [0.1, 0.15) is 5.82 Å². The van der Waals surface area contributed by atoms with Crippen LogP contribution in [0.25, 0.3) is 0 Å². The Hall–Kier alpha value is -1.24. The molecule has 0 aliphatic heterocycles. The first-order chi connectivity index (χ1) is 11.0. The minimum atomic E-state index is -0.133. The number of benzene rings is 1. The zero-order chi connectivity index (χ0) is 16.8. The summed E-state index contributed by atoms with van der Waals surface area (Å²) < 4.78 is 1.94. The van der Waals surface area contributed by atoms with E-state index >= 15 is 0 Å². The van der Waals surface area contributed by atoms with Crippen LogP contribution in [0.2, 0.25) is 10.0 Å². The van der Waals surface area contributed by atoms with E-state index in [9.17, 15) is 4.79 Å². The Morgan fingerprint density at radius 3 is 2.78 bits per heavy atom. The third kappa shape index (κ3) is 5.12. The van der Waals surface area contributed by atoms with E-state index in [-0.39, 0.29) is 11.7 Å². The number of nitrogens with one attached hydrogen (secondary N) is 1. The molecule has 0 fully saturated rings. The number of halogens is 2. The highest BCUT2D eigenvalue weighted by Gasteiger charge is 2.11. The summed E-state index contributed by atoms with van der Waals surface area (Å²) in [7, 11) is 1.92. The molecule has 2 aromatic rings. The standard InChI is InChI=1S/C15H18Cl2N4OS/c1-3-4-5-13-19-20-15(21(13)2)23-9-14(22)18-10-6-7-11(16)12(17)8-10/h6-8H,3-5,9H2,1-2H3,(H,18,22). The van der Waals surface area contributed by atoms with E-state index in [1.165, 1.54) is 11.8 Å². The summed E-state index contributed by atoms with van der Waals surface area (Å²) >= 11 is 13.1. The summed E-state index contributed by atoms with van der Waals surface area (Å²) in [6.07, 6.45) is 3.09. The summed E-state index contributed by atoms with van der Waals surface area (Å²) in [4.78, 5) is 12.0. The second kappa shape index (κ2) is 8.57. The van der Waals surface area contributed by atoms with Gasteiger partial charge < -0.3 is 9.88 Å². The smallest absolute Gasteiger partial charge is 0.234 e. The van der Waals surface area contributed by atoms with Gasteiger partial charge >= 0.3 is 0 Å². The number of aromatic nitrogens is 3. The second-order valence-electron chi connectivity index (χ2n) is 5.03. The van der Waals surface area contributed by atoms with Gasteiger partial charge in [-0.2, -0.15) is 0 Å². The van der Waals surface area contributed by atoms with Gasteiger partial charge in [0.15, 0.2) is 5.16 Å². The molecule has 0 saturated carbocycles. The highest BCUT2D eigenvalue weighted by atomic mass is 35.5. The molecular weight excluding hydrogens is 355 g/mol. The number of unbranched alkanes of at least 4 members (excludes halogenated alkanes) is 1. The quantitative estimate of drug-likeness (QED) is 0.739. The molecule has 0 saturated heterocycles. The molecule has 23 heavy (non-hydrogen) atoms. The molecule has 1 heterocycles. The summed E-state index contributed by atoms with van der Waals surface area (Å²) in [5.41, 5.74) is 0.617. The number of amides is 1. The van der Waals surface area contributed by atoms with Gasteiger partial charge in [-0.25, -0.2) is 0 Å². The molecule has 0 atom stereocenters. The molecule has 8 heteroatoms. The van der Waals surface area contributed by atoms with E-state index in [0.29, 0.717) is 15.7 Å². The zero-order valence-electron chi connectivity index (χ0n) is 13.0. The average Bonchev–Trinajstić information content (AvgIpc) is 2.87. The Kier molecular flexibility index (Phi) is 6.74. The summed E-state index contributed by atoms with van der Waals surface area (Å²) in [5.74, 6) is 1.06. The lowest BCUT2D eigenvalue weighted by atomic mass is 10.2. The molecule has 1 N–H and O–H groups in total. The Morgan fingerprint density at radius 2 is 2.09 bits per heavy atom. The van der Waals surface area contributed by atoms with E-state index in [2.05, 4.69) is 22.4 Å². The Labute approximate surface area is 149 Å². The number of carbonyl (C=O) groups excluding carboxylic acids is 1. The molecular formula is C15H18Cl2N4OS. The van der Waals surface area contributed by atoms with Crippen LogP contribution in [0.5, 0.6) is 0 Å². The van der Waals surface area contributed by atoms with Crippen molar-refractivity contribution in [2.75, 3.05) is 11.1 Å². The van der Waals surface area contributed by atoms with Crippen LogP contribution in [0.3, 0.4) is 0 Å². The predicted octanol–water partition coefficient (Wildman–Crippen LogP) is 4.20. The Balaban J connectivity index is 1.89. The lowest BCUT2D eigenvalue weighted by Crippen LogP contribution is -2.14. The van der Waals surface area contributed by atoms with Crippen molar-refractivity contribution in [3.8, 4) is 0 Å². The molecule has 5 nitrogen and oxygen atoms in total. The van der Waals surface area contributed by atoms with Crippen LogP contribution in [0.1, 0.15) is 25.6 Å². The number of hydrogen-bond donors (Lipinski definition) is 1. The Bertz CT molecular complexity index is 690. The first-order valence-corrected chi connectivity index (χ1v) is 9.01. The van der Waals surface area contributed by atoms with E-state index in [1.807, 2.05) is 11.6 Å². The highest BCUT2D eigenvalue weighted by molar-refractivity contribution is 7.99. The van der Waals surface area contributed by atoms with Crippen molar-refractivity contribution < 1.29 is 4.79 Å². The maximum atomic E-state index is 12.0. The SMILES string of the molecule is CCCCc1nnc(SCC(=O)Nc2ccc(Cl)c(Cl)c2)n1C. The van der Waals surface area contributed by atoms with Crippen LogP contribution < -0.4 is 5.32 Å². The number of nitrogens with zero attached hydrogens (tertiary/aromatic N) is 3. The van der Waals surface area contributed by atoms with Gasteiger partial charge in [0.05, 0.1) is 15.8 Å². The van der Waals surface area contributed by atoms with Gasteiger partial charge in [0, 0.05) is 19.2 Å². The lowest BCUT2D eigenvalue weighted by Gasteiger charge is -2.06. The minimum Gasteiger partial charge on any atom is -0.325 e. The molecule has 124 valence electrons. The molecule has 0 spiro atoms. The molecule has 1 aromatic carbocycles. The first-order valence-electron chi connectivity index (χ1n) is 7.27. The van der Waals surface area contributed by atoms with Crippen LogP contribution in [-0.2, 0) is 18.3 Å². The Morgan fingerprint density at radius 1 is 1.30 bits per heavy atom. The maximum absolute atomic E-state index is 12.0. The van der Waals surface area contributed by atoms with Crippen molar-refractivity contribution in [3.63, 3.8) is 0 Å². The van der Waals surface area contributed by atoms with Crippen molar-refractivity contribution in [2.24, 2.45) is 7.05 Å². The first kappa shape index (κ1) is 18.1. The van der Waals surface area contributed by atoms with Crippen LogP contribution in [-0.4, -0.2) is 26.4 Å². The van der Waals surface area contributed by atoms with Gasteiger partial charge in [-0.1, -0.05) is 48.3 Å². The summed E-state index contributed by atoms with van der Waals surface area (Å²) in [6, 6.07) is 4.98. The molecule has 0 aliphatic carbocycles. The summed E-state index contributed by atoms with van der Waals surface area (Å²) in [6.45, 7) is 2.14. The highest BCUT2D eigenvalue weighted by Crippen LogP contribution is 2.25. The zero-order valence-corrected chi connectivity index (χ0v) is 15.3. The number of carbonyl (C=O) groups is 1. The van der Waals surface area contributed by atoms with E-state index in [0.717, 1.165) is 30.2 Å². The minimum absolute atomic E-state index is 0.133. The van der Waals surface area contributed by atoms with Crippen LogP contribution >= 0.6 is 35.0 Å². The molecule has 2 rings (SSSR count). The lowest BCUT2D eigenvalue weighted by molar-refractivity contribution is -0.113. The van der Waals surface area contributed by atoms with Gasteiger partial charge in [-0.3, -0.25) is 4.79 Å². The monoisotopic (exact) mass is 372 g/mol. The van der Waals surface area contributed by atoms with Crippen molar-refractivity contribution in [1.29, 1.82) is 0 Å². The van der Waals surface area contributed by atoms with E-state index in [1.54, 1.807) is 18.2 Å². The van der Waals surface area contributed by atoms with E-state index < -0.39 is 0 Å². The third-order valence-electron chi connectivity index (χ3n) is 3.21. The molecule has 0 unspecified atom stereocenters. The average molecular weight is 373 g/mol. The molecule has 1 amide bonds. The van der Waals surface area contributed by atoms with Gasteiger partial charge in [-0.05, 0) is 24.6 Å². The van der Waals surface area contributed by atoms with Gasteiger partial charge in [-0.15, -0.1) is 10.2 Å². The predicted molar refractivity (Wildman–Crippen MR) is 95.4 cm³/mol. The van der Waals surface area contributed by atoms with Gasteiger partial charge in [0.25, 0.3) is 0 Å². The van der Waals surface area contributed by atoms with E-state index in [4.69, 9.17) is 23.2 Å². The fourth-order valence-corrected chi connectivity index (χ4v) is 2.95. The van der Waals surface area contributed by atoms with Crippen LogP contribution in [0.15, 0.2) is 23.4 Å². The number of thioether (sulfide) groups is 1. The van der Waals surface area contributed by atoms with Gasteiger partial charge in [0.2, 0.25) is 5.91 Å². The van der Waals surface area contributed by atoms with Crippen molar-refractivity contribution in [1.82, 2.24) is 14.8 Å². The summed E-state index contributed by atoms with van der Waals surface area (Å²) in [5, 5.41) is 12.7. The fourth-order valence-electron chi connectivity index (χ4n) is 1.92. The molecule has 0 aliphatic rings. The topological polar surface area (TPSA) is 59.8 Å². The number of anilines is 1. The number of hydrogen-bond acceptors (Lipinski definition) is 4. The van der Waals surface area contributed by atoms with Crippen LogP contribution in [0, 0.1) is 0 Å². The number of rotatable bonds is 7. The maximum Gasteiger partial charge on any atom is 0.234 e. The fraction of sp³-hybridized carbons (Fsp3) is 0.400. The molecule has 0 bridgehead atoms. The molecule has 1 aromatic heterocycles. The second-order valence-corrected chi connectivity index (χ2v) is 6.78. The normalized spacial score (nSPS) is 10.8. The van der Waals surface area contributed by atoms with Crippen LogP contribution in [0.4, 0.5) is 5.69 Å². The van der Waals surface area contributed by atoms with Crippen molar-refractivity contribution in [2.45, 2.75) is 31.3 Å². The third-order valence-corrected chi connectivity index (χ3v) is 4.97. The molecule has 0 radical (unpaired) electrons. The van der Waals surface area contributed by atoms with Crippen molar-refractivity contribution in [3.05, 3.63) is 34.1 Å². The largest absolute Gasteiger partial charge is 0.325 e. The van der Waals surface area contributed by atoms with Crippen molar-refractivity contribution >= 4 is 46.6 Å². The number of aryl methyl sites for hydroxylation is 1.